The Hall–Kier alpha value is -2.33. The van der Waals surface area contributed by atoms with Crippen molar-refractivity contribution in [3.8, 4) is 12.3 Å². The lowest BCUT2D eigenvalue weighted by atomic mass is 9.89. The van der Waals surface area contributed by atoms with Crippen LogP contribution in [0.4, 0.5) is 0 Å². The lowest BCUT2D eigenvalue weighted by molar-refractivity contribution is -0.104. The molecule has 0 aromatic rings. The average Bonchev–Trinajstić information content (AvgIpc) is 2.70. The van der Waals surface area contributed by atoms with Gasteiger partial charge < -0.3 is 0 Å². The predicted octanol–water partition coefficient (Wildman–Crippen LogP) is 4.47. The van der Waals surface area contributed by atoms with Crippen molar-refractivity contribution >= 4 is 6.29 Å². The molecule has 1 heteroatoms. The fourth-order valence-corrected chi connectivity index (χ4v) is 2.60. The van der Waals surface area contributed by atoms with Gasteiger partial charge in [-0.05, 0) is 53.7 Å². The summed E-state index contributed by atoms with van der Waals surface area (Å²) in [6.07, 6.45) is 16.7. The molecular weight excluding hydrogens is 256 g/mol. The Morgan fingerprint density at radius 3 is 2.33 bits per heavy atom. The number of aldehydes is 1. The maximum Gasteiger partial charge on any atom is 0.151 e. The van der Waals surface area contributed by atoms with Crippen molar-refractivity contribution in [3.63, 3.8) is 0 Å². The van der Waals surface area contributed by atoms with Crippen LogP contribution in [0.1, 0.15) is 27.7 Å². The van der Waals surface area contributed by atoms with Gasteiger partial charge in [0.1, 0.15) is 0 Å². The Labute approximate surface area is 127 Å². The molecule has 0 atom stereocenters. The molecule has 1 nitrogen and oxygen atoms in total. The predicted molar refractivity (Wildman–Crippen MR) is 88.5 cm³/mol. The molecule has 0 radical (unpaired) electrons. The first kappa shape index (κ1) is 15.1. The summed E-state index contributed by atoms with van der Waals surface area (Å²) >= 11 is 0. The van der Waals surface area contributed by atoms with E-state index in [4.69, 9.17) is 6.42 Å². The number of carbonyl (C=O) groups excluding carboxylic acids is 1. The lowest BCUT2D eigenvalue weighted by Gasteiger charge is -2.13. The van der Waals surface area contributed by atoms with Crippen molar-refractivity contribution in [2.75, 3.05) is 0 Å². The third-order valence-electron chi connectivity index (χ3n) is 3.92. The van der Waals surface area contributed by atoms with Gasteiger partial charge in [0.05, 0.1) is 0 Å². The molecule has 0 saturated carbocycles. The van der Waals surface area contributed by atoms with Gasteiger partial charge in [-0.2, -0.15) is 0 Å². The van der Waals surface area contributed by atoms with Gasteiger partial charge in [-0.1, -0.05) is 44.1 Å². The molecular formula is C20H20O. The molecule has 0 amide bonds. The number of terminal acetylenes is 1. The number of allylic oxidation sites excluding steroid dienone is 12. The van der Waals surface area contributed by atoms with Crippen LogP contribution in [0.3, 0.4) is 0 Å². The number of rotatable bonds is 2. The van der Waals surface area contributed by atoms with Crippen LogP contribution in [0, 0.1) is 18.3 Å². The molecule has 106 valence electrons. The van der Waals surface area contributed by atoms with Gasteiger partial charge in [0.25, 0.3) is 0 Å². The summed E-state index contributed by atoms with van der Waals surface area (Å²) in [6.45, 7) is 8.42. The van der Waals surface area contributed by atoms with Crippen LogP contribution in [-0.2, 0) is 4.79 Å². The SMILES string of the molecule is C#CC1=C(C=O)C2=C(C)C=CC(C(C)C)=CC2=C(C)C=C1. The van der Waals surface area contributed by atoms with E-state index in [9.17, 15) is 4.79 Å². The van der Waals surface area contributed by atoms with Crippen molar-refractivity contribution in [1.29, 1.82) is 0 Å². The van der Waals surface area contributed by atoms with Crippen molar-refractivity contribution < 1.29 is 4.79 Å². The molecule has 0 spiro atoms. The van der Waals surface area contributed by atoms with Gasteiger partial charge in [-0.25, -0.2) is 0 Å². The van der Waals surface area contributed by atoms with Crippen LogP contribution >= 0.6 is 0 Å². The standard InChI is InChI=1S/C20H20O/c1-6-16-9-7-14(4)18-11-17(13(2)3)10-8-15(5)20(18)19(16)12-21/h1,7-13H,2-5H3. The van der Waals surface area contributed by atoms with Crippen LogP contribution < -0.4 is 0 Å². The molecule has 2 rings (SSSR count). The molecule has 0 aliphatic heterocycles. The molecule has 0 saturated heterocycles. The molecule has 0 aromatic carbocycles. The highest BCUT2D eigenvalue weighted by molar-refractivity contribution is 5.89. The monoisotopic (exact) mass is 276 g/mol. The van der Waals surface area contributed by atoms with Crippen LogP contribution in [0.25, 0.3) is 0 Å². The molecule has 0 unspecified atom stereocenters. The largest absolute Gasteiger partial charge is 0.298 e. The number of carbonyl (C=O) groups is 1. The maximum atomic E-state index is 11.6. The Balaban J connectivity index is 2.82. The van der Waals surface area contributed by atoms with Gasteiger partial charge in [0.15, 0.2) is 6.29 Å². The van der Waals surface area contributed by atoms with E-state index in [2.05, 4.69) is 44.9 Å². The van der Waals surface area contributed by atoms with Crippen LogP contribution in [0.15, 0.2) is 69.4 Å². The van der Waals surface area contributed by atoms with E-state index in [1.807, 2.05) is 19.1 Å². The van der Waals surface area contributed by atoms with E-state index in [-0.39, 0.29) is 0 Å². The normalized spacial score (nSPS) is 18.4. The molecule has 2 aliphatic rings. The summed E-state index contributed by atoms with van der Waals surface area (Å²) in [5.74, 6) is 3.06. The second kappa shape index (κ2) is 5.97. The van der Waals surface area contributed by atoms with Crippen molar-refractivity contribution in [2.24, 2.45) is 5.92 Å². The van der Waals surface area contributed by atoms with Gasteiger partial charge in [0, 0.05) is 11.1 Å². The highest BCUT2D eigenvalue weighted by Gasteiger charge is 2.20. The Morgan fingerprint density at radius 1 is 1.10 bits per heavy atom. The van der Waals surface area contributed by atoms with E-state index in [1.165, 1.54) is 5.57 Å². The van der Waals surface area contributed by atoms with Gasteiger partial charge in [0.2, 0.25) is 0 Å². The minimum atomic E-state index is 0.427. The summed E-state index contributed by atoms with van der Waals surface area (Å²) in [5, 5.41) is 0. The zero-order valence-electron chi connectivity index (χ0n) is 13.0. The third kappa shape index (κ3) is 2.76. The highest BCUT2D eigenvalue weighted by atomic mass is 16.1. The highest BCUT2D eigenvalue weighted by Crippen LogP contribution is 2.35. The van der Waals surface area contributed by atoms with Crippen LogP contribution in [-0.4, -0.2) is 6.29 Å². The van der Waals surface area contributed by atoms with Crippen LogP contribution in [0.5, 0.6) is 0 Å². The van der Waals surface area contributed by atoms with Crippen LogP contribution in [0.2, 0.25) is 0 Å². The molecule has 0 heterocycles. The second-order valence-corrected chi connectivity index (χ2v) is 5.71. The number of hydrogen-bond acceptors (Lipinski definition) is 1. The molecule has 0 bridgehead atoms. The van der Waals surface area contributed by atoms with E-state index in [0.717, 1.165) is 28.6 Å². The fraction of sp³-hybridized carbons (Fsp3) is 0.250. The first-order valence-electron chi connectivity index (χ1n) is 7.16. The summed E-state index contributed by atoms with van der Waals surface area (Å²) in [5.41, 5.74) is 6.72. The molecule has 0 aromatic heterocycles. The average molecular weight is 276 g/mol. The second-order valence-electron chi connectivity index (χ2n) is 5.71. The van der Waals surface area contributed by atoms with Crippen molar-refractivity contribution in [1.82, 2.24) is 0 Å². The zero-order valence-corrected chi connectivity index (χ0v) is 13.0. The third-order valence-corrected chi connectivity index (χ3v) is 3.92. The van der Waals surface area contributed by atoms with E-state index in [0.29, 0.717) is 17.1 Å². The van der Waals surface area contributed by atoms with E-state index >= 15 is 0 Å². The van der Waals surface area contributed by atoms with E-state index in [1.54, 1.807) is 0 Å². The van der Waals surface area contributed by atoms with Crippen molar-refractivity contribution in [2.45, 2.75) is 27.7 Å². The quantitative estimate of drug-likeness (QED) is 0.537. The summed E-state index contributed by atoms with van der Waals surface area (Å²) in [6, 6.07) is 0. The first-order valence-corrected chi connectivity index (χ1v) is 7.16. The molecule has 2 aliphatic carbocycles. The maximum absolute atomic E-state index is 11.6. The van der Waals surface area contributed by atoms with Crippen molar-refractivity contribution in [3.05, 3.63) is 69.4 Å². The Bertz CT molecular complexity index is 707. The fourth-order valence-electron chi connectivity index (χ4n) is 2.60. The molecule has 21 heavy (non-hydrogen) atoms. The van der Waals surface area contributed by atoms with Gasteiger partial charge in [-0.15, -0.1) is 6.42 Å². The summed E-state index contributed by atoms with van der Waals surface area (Å²) in [4.78, 5) is 11.6. The number of hydrogen-bond donors (Lipinski definition) is 0. The lowest BCUT2D eigenvalue weighted by Crippen LogP contribution is -2.00. The zero-order chi connectivity index (χ0) is 15.6. The minimum absolute atomic E-state index is 0.427. The first-order chi connectivity index (χ1) is 9.99. The van der Waals surface area contributed by atoms with Gasteiger partial charge >= 0.3 is 0 Å². The van der Waals surface area contributed by atoms with E-state index < -0.39 is 0 Å². The van der Waals surface area contributed by atoms with Gasteiger partial charge in [-0.3, -0.25) is 4.79 Å². The number of fused-ring (bicyclic) bond motifs is 1. The minimum Gasteiger partial charge on any atom is -0.298 e. The molecule has 0 fully saturated rings. The smallest absolute Gasteiger partial charge is 0.151 e. The Kier molecular flexibility index (Phi) is 4.29. The topological polar surface area (TPSA) is 17.1 Å². The summed E-state index contributed by atoms with van der Waals surface area (Å²) < 4.78 is 0. The molecule has 0 N–H and O–H groups in total. The summed E-state index contributed by atoms with van der Waals surface area (Å²) in [7, 11) is 0. The Morgan fingerprint density at radius 2 is 1.76 bits per heavy atom.